The maximum atomic E-state index is 13.0. The average molecular weight is 398 g/mol. The molecule has 0 radical (unpaired) electrons. The Kier molecular flexibility index (Phi) is 6.89. The van der Waals surface area contributed by atoms with Crippen molar-refractivity contribution in [3.05, 3.63) is 64.8 Å². The van der Waals surface area contributed by atoms with E-state index < -0.39 is 0 Å². The fourth-order valence-corrected chi connectivity index (χ4v) is 4.51. The summed E-state index contributed by atoms with van der Waals surface area (Å²) in [5, 5.41) is 3.53. The summed E-state index contributed by atoms with van der Waals surface area (Å²) in [6, 6.07) is 2.08. The van der Waals surface area contributed by atoms with Crippen molar-refractivity contribution >= 4 is 23.7 Å². The van der Waals surface area contributed by atoms with Crippen LogP contribution in [0.1, 0.15) is 55.1 Å². The van der Waals surface area contributed by atoms with E-state index >= 15 is 0 Å². The number of nitrogens with zero attached hydrogens (tertiary/aromatic N) is 1. The molecule has 1 fully saturated rings. The molecule has 4 nitrogen and oxygen atoms in total. The standard InChI is InChI=1S/C23H31N3OS/c1-5-18-12-22(25-15-18)23(27)26(6-2)21-9-7-8-20(13-21)24-14-16(3)28-17(4)19-10-11-19/h5,8,12,15,19,21,24-25H,1,3-4,6-7,9-11,13-14H2,2H3. The van der Waals surface area contributed by atoms with Crippen molar-refractivity contribution in [3.8, 4) is 0 Å². The highest BCUT2D eigenvalue weighted by atomic mass is 32.2. The zero-order valence-electron chi connectivity index (χ0n) is 16.8. The van der Waals surface area contributed by atoms with Gasteiger partial charge in [-0.2, -0.15) is 0 Å². The molecule has 28 heavy (non-hydrogen) atoms. The molecule has 2 N–H and O–H groups in total. The number of thioether (sulfide) groups is 1. The minimum absolute atomic E-state index is 0.0579. The van der Waals surface area contributed by atoms with Gasteiger partial charge in [0.1, 0.15) is 5.69 Å². The van der Waals surface area contributed by atoms with Crippen LogP contribution >= 0.6 is 11.8 Å². The molecule has 5 heteroatoms. The number of amides is 1. The number of hydrogen-bond acceptors (Lipinski definition) is 3. The van der Waals surface area contributed by atoms with Crippen molar-refractivity contribution in [2.45, 2.75) is 45.1 Å². The molecule has 1 saturated carbocycles. The van der Waals surface area contributed by atoms with Gasteiger partial charge in [0.25, 0.3) is 5.91 Å². The Morgan fingerprint density at radius 3 is 2.82 bits per heavy atom. The van der Waals surface area contributed by atoms with Crippen molar-refractivity contribution in [2.24, 2.45) is 5.92 Å². The van der Waals surface area contributed by atoms with E-state index in [2.05, 4.69) is 36.1 Å². The number of allylic oxidation sites excluding steroid dienone is 2. The summed E-state index contributed by atoms with van der Waals surface area (Å²) in [7, 11) is 0. The molecule has 0 bridgehead atoms. The monoisotopic (exact) mass is 397 g/mol. The highest BCUT2D eigenvalue weighted by Gasteiger charge is 2.27. The number of rotatable bonds is 10. The van der Waals surface area contributed by atoms with Crippen molar-refractivity contribution < 1.29 is 4.79 Å². The van der Waals surface area contributed by atoms with Crippen LogP contribution in [0.25, 0.3) is 6.08 Å². The minimum atomic E-state index is 0.0579. The Hall–Kier alpha value is -2.14. The third kappa shape index (κ3) is 5.22. The highest BCUT2D eigenvalue weighted by molar-refractivity contribution is 8.06. The van der Waals surface area contributed by atoms with E-state index in [1.165, 1.54) is 23.4 Å². The molecule has 150 valence electrons. The molecule has 0 aromatic carbocycles. The summed E-state index contributed by atoms with van der Waals surface area (Å²) < 4.78 is 0. The number of carbonyl (C=O) groups excluding carboxylic acids is 1. The molecule has 0 saturated heterocycles. The van der Waals surface area contributed by atoms with E-state index in [9.17, 15) is 4.79 Å². The van der Waals surface area contributed by atoms with Gasteiger partial charge in [-0.15, -0.1) is 0 Å². The van der Waals surface area contributed by atoms with E-state index in [1.54, 1.807) is 17.8 Å². The van der Waals surface area contributed by atoms with E-state index in [0.29, 0.717) is 18.2 Å². The van der Waals surface area contributed by atoms with Gasteiger partial charge in [-0.1, -0.05) is 43.7 Å². The lowest BCUT2D eigenvalue weighted by Crippen LogP contribution is -2.42. The van der Waals surface area contributed by atoms with Crippen molar-refractivity contribution in [1.29, 1.82) is 0 Å². The molecule has 0 spiro atoms. The fourth-order valence-electron chi connectivity index (χ4n) is 3.60. The summed E-state index contributed by atoms with van der Waals surface area (Å²) in [4.78, 5) is 20.4. The van der Waals surface area contributed by atoms with Gasteiger partial charge < -0.3 is 15.2 Å². The Labute approximate surface area is 172 Å². The van der Waals surface area contributed by atoms with Gasteiger partial charge in [0, 0.05) is 42.4 Å². The Morgan fingerprint density at radius 1 is 1.39 bits per heavy atom. The first-order valence-corrected chi connectivity index (χ1v) is 10.9. The molecule has 1 atom stereocenters. The number of hydrogen-bond donors (Lipinski definition) is 2. The molecular weight excluding hydrogens is 366 g/mol. The van der Waals surface area contributed by atoms with E-state index in [0.717, 1.165) is 36.3 Å². The van der Waals surface area contributed by atoms with Crippen LogP contribution in [0.2, 0.25) is 0 Å². The van der Waals surface area contributed by atoms with Gasteiger partial charge in [-0.3, -0.25) is 4.79 Å². The van der Waals surface area contributed by atoms with E-state index in [-0.39, 0.29) is 11.9 Å². The summed E-state index contributed by atoms with van der Waals surface area (Å²) in [6.07, 6.45) is 11.2. The predicted molar refractivity (Wildman–Crippen MR) is 120 cm³/mol. The molecule has 2 aliphatic carbocycles. The maximum absolute atomic E-state index is 13.0. The zero-order valence-corrected chi connectivity index (χ0v) is 17.6. The summed E-state index contributed by atoms with van der Waals surface area (Å²) in [5.41, 5.74) is 2.78. The minimum Gasteiger partial charge on any atom is -0.384 e. The van der Waals surface area contributed by atoms with Crippen LogP contribution in [0.4, 0.5) is 0 Å². The molecule has 1 heterocycles. The van der Waals surface area contributed by atoms with Gasteiger partial charge in [-0.25, -0.2) is 0 Å². The number of carbonyl (C=O) groups is 1. The lowest BCUT2D eigenvalue weighted by Gasteiger charge is -2.34. The normalized spacial score (nSPS) is 18.9. The topological polar surface area (TPSA) is 48.1 Å². The van der Waals surface area contributed by atoms with Crippen LogP contribution in [0, 0.1) is 5.92 Å². The predicted octanol–water partition coefficient (Wildman–Crippen LogP) is 5.32. The number of nitrogens with one attached hydrogen (secondary N) is 2. The Bertz CT molecular complexity index is 788. The lowest BCUT2D eigenvalue weighted by molar-refractivity contribution is 0.0669. The average Bonchev–Trinajstić information content (AvgIpc) is 3.44. The van der Waals surface area contributed by atoms with Crippen molar-refractivity contribution in [2.75, 3.05) is 13.1 Å². The number of aromatic amines is 1. The maximum Gasteiger partial charge on any atom is 0.270 e. The molecule has 2 aliphatic rings. The largest absolute Gasteiger partial charge is 0.384 e. The van der Waals surface area contributed by atoms with Crippen LogP contribution in [-0.4, -0.2) is 34.9 Å². The first-order chi connectivity index (χ1) is 13.5. The SMILES string of the molecule is C=Cc1c[nH]c(C(=O)N(CC)C2CCC=C(NCC(=C)SC(=C)C3CC3)C2)c1. The third-order valence-electron chi connectivity index (χ3n) is 5.38. The van der Waals surface area contributed by atoms with E-state index in [1.807, 2.05) is 24.1 Å². The molecule has 1 unspecified atom stereocenters. The van der Waals surface area contributed by atoms with Crippen LogP contribution in [0.3, 0.4) is 0 Å². The first kappa shape index (κ1) is 20.6. The molecule has 1 amide bonds. The van der Waals surface area contributed by atoms with Gasteiger partial charge >= 0.3 is 0 Å². The molecule has 1 aromatic rings. The molecular formula is C23H31N3OS. The van der Waals surface area contributed by atoms with Crippen LogP contribution in [-0.2, 0) is 0 Å². The van der Waals surface area contributed by atoms with Crippen LogP contribution < -0.4 is 5.32 Å². The lowest BCUT2D eigenvalue weighted by atomic mass is 9.97. The number of H-pyrrole nitrogens is 1. The second-order valence-corrected chi connectivity index (χ2v) is 8.85. The third-order valence-corrected chi connectivity index (χ3v) is 6.41. The second kappa shape index (κ2) is 9.37. The molecule has 3 rings (SSSR count). The molecule has 0 aliphatic heterocycles. The summed E-state index contributed by atoms with van der Waals surface area (Å²) >= 11 is 1.72. The quantitative estimate of drug-likeness (QED) is 0.562. The van der Waals surface area contributed by atoms with Gasteiger partial charge in [0.2, 0.25) is 0 Å². The van der Waals surface area contributed by atoms with Crippen LogP contribution in [0.5, 0.6) is 0 Å². The van der Waals surface area contributed by atoms with Crippen molar-refractivity contribution in [3.63, 3.8) is 0 Å². The van der Waals surface area contributed by atoms with Gasteiger partial charge in [-0.05, 0) is 55.1 Å². The number of aromatic nitrogens is 1. The first-order valence-electron chi connectivity index (χ1n) is 10.1. The summed E-state index contributed by atoms with van der Waals surface area (Å²) in [5.74, 6) is 0.751. The van der Waals surface area contributed by atoms with Crippen molar-refractivity contribution in [1.82, 2.24) is 15.2 Å². The van der Waals surface area contributed by atoms with Gasteiger partial charge in [0.15, 0.2) is 0 Å². The zero-order chi connectivity index (χ0) is 20.1. The van der Waals surface area contributed by atoms with Gasteiger partial charge in [0.05, 0.1) is 0 Å². The fraction of sp³-hybridized carbons (Fsp3) is 0.435. The Balaban J connectivity index is 1.53. The Morgan fingerprint density at radius 2 is 2.18 bits per heavy atom. The smallest absolute Gasteiger partial charge is 0.270 e. The highest BCUT2D eigenvalue weighted by Crippen LogP contribution is 2.43. The summed E-state index contributed by atoms with van der Waals surface area (Å²) in [6.45, 7) is 15.6. The van der Waals surface area contributed by atoms with E-state index in [4.69, 9.17) is 0 Å². The van der Waals surface area contributed by atoms with Crippen LogP contribution in [0.15, 0.2) is 53.6 Å². The molecule has 1 aromatic heterocycles. The second-order valence-electron chi connectivity index (χ2n) is 7.54.